The summed E-state index contributed by atoms with van der Waals surface area (Å²) in [7, 11) is 3.38. The van der Waals surface area contributed by atoms with Gasteiger partial charge in [-0.25, -0.2) is 4.68 Å². The van der Waals surface area contributed by atoms with Crippen LogP contribution in [0.2, 0.25) is 0 Å². The largest absolute Gasteiger partial charge is 0.481 e. The summed E-state index contributed by atoms with van der Waals surface area (Å²) in [4.78, 5) is 0. The predicted molar refractivity (Wildman–Crippen MR) is 62.9 cm³/mol. The summed E-state index contributed by atoms with van der Waals surface area (Å²) in [5, 5.41) is 18.4. The van der Waals surface area contributed by atoms with E-state index in [0.717, 1.165) is 16.8 Å². The van der Waals surface area contributed by atoms with Crippen molar-refractivity contribution < 1.29 is 9.84 Å². The summed E-state index contributed by atoms with van der Waals surface area (Å²) < 4.78 is 6.90. The standard InChI is InChI=1S/C11H14N2O2S/c1-7-9(11(15-3)13(2)12-7)10(14)8-4-5-16-6-8/h4-6,10,14H,1-3H3. The molecule has 0 aliphatic heterocycles. The van der Waals surface area contributed by atoms with E-state index in [9.17, 15) is 5.11 Å². The molecule has 2 aromatic heterocycles. The average molecular weight is 238 g/mol. The van der Waals surface area contributed by atoms with Gasteiger partial charge in [-0.2, -0.15) is 16.4 Å². The lowest BCUT2D eigenvalue weighted by molar-refractivity contribution is 0.213. The molecule has 0 fully saturated rings. The number of hydrogen-bond donors (Lipinski definition) is 1. The molecule has 4 nitrogen and oxygen atoms in total. The van der Waals surface area contributed by atoms with Crippen LogP contribution in [0.1, 0.15) is 22.9 Å². The van der Waals surface area contributed by atoms with E-state index in [1.165, 1.54) is 0 Å². The number of nitrogens with zero attached hydrogens (tertiary/aromatic N) is 2. The smallest absolute Gasteiger partial charge is 0.217 e. The van der Waals surface area contributed by atoms with E-state index >= 15 is 0 Å². The van der Waals surface area contributed by atoms with Crippen LogP contribution in [0.15, 0.2) is 16.8 Å². The molecule has 16 heavy (non-hydrogen) atoms. The maximum Gasteiger partial charge on any atom is 0.217 e. The van der Waals surface area contributed by atoms with Gasteiger partial charge < -0.3 is 9.84 Å². The number of hydrogen-bond acceptors (Lipinski definition) is 4. The van der Waals surface area contributed by atoms with Gasteiger partial charge in [0.05, 0.1) is 18.4 Å². The first-order chi connectivity index (χ1) is 7.65. The SMILES string of the molecule is COc1c(C(O)c2ccsc2)c(C)nn1C. The highest BCUT2D eigenvalue weighted by Gasteiger charge is 2.22. The van der Waals surface area contributed by atoms with Gasteiger partial charge in [-0.1, -0.05) is 0 Å². The summed E-state index contributed by atoms with van der Waals surface area (Å²) in [6, 6.07) is 1.90. The molecular formula is C11H14N2O2S. The normalized spacial score (nSPS) is 12.8. The van der Waals surface area contributed by atoms with Crippen molar-refractivity contribution in [1.29, 1.82) is 0 Å². The maximum absolute atomic E-state index is 10.3. The number of aromatic nitrogens is 2. The summed E-state index contributed by atoms with van der Waals surface area (Å²) in [5.74, 6) is 0.608. The minimum Gasteiger partial charge on any atom is -0.481 e. The van der Waals surface area contributed by atoms with Crippen LogP contribution >= 0.6 is 11.3 Å². The summed E-state index contributed by atoms with van der Waals surface area (Å²) in [6.45, 7) is 1.87. The number of aliphatic hydroxyl groups excluding tert-OH is 1. The monoisotopic (exact) mass is 238 g/mol. The minimum absolute atomic E-state index is 0.608. The fraction of sp³-hybridized carbons (Fsp3) is 0.364. The van der Waals surface area contributed by atoms with Crippen LogP contribution in [0.4, 0.5) is 0 Å². The molecule has 0 spiro atoms. The lowest BCUT2D eigenvalue weighted by atomic mass is 10.1. The lowest BCUT2D eigenvalue weighted by Crippen LogP contribution is -2.02. The van der Waals surface area contributed by atoms with Crippen molar-refractivity contribution >= 4 is 11.3 Å². The molecular weight excluding hydrogens is 224 g/mol. The Morgan fingerprint density at radius 1 is 1.56 bits per heavy atom. The van der Waals surface area contributed by atoms with Crippen molar-refractivity contribution in [2.75, 3.05) is 7.11 Å². The fourth-order valence-electron chi connectivity index (χ4n) is 1.81. The third kappa shape index (κ3) is 1.72. The molecule has 2 heterocycles. The molecule has 2 aromatic rings. The molecule has 5 heteroatoms. The van der Waals surface area contributed by atoms with Crippen molar-refractivity contribution in [3.05, 3.63) is 33.6 Å². The zero-order valence-corrected chi connectivity index (χ0v) is 10.3. The molecule has 0 aromatic carbocycles. The van der Waals surface area contributed by atoms with Gasteiger partial charge in [-0.3, -0.25) is 0 Å². The van der Waals surface area contributed by atoms with Gasteiger partial charge in [0.15, 0.2) is 0 Å². The van der Waals surface area contributed by atoms with Crippen LogP contribution < -0.4 is 4.74 Å². The molecule has 0 radical (unpaired) electrons. The lowest BCUT2D eigenvalue weighted by Gasteiger charge is -2.10. The van der Waals surface area contributed by atoms with Gasteiger partial charge in [0.25, 0.3) is 0 Å². The van der Waals surface area contributed by atoms with Gasteiger partial charge in [-0.05, 0) is 29.3 Å². The summed E-state index contributed by atoms with van der Waals surface area (Å²) >= 11 is 1.56. The van der Waals surface area contributed by atoms with Gasteiger partial charge in [0, 0.05) is 7.05 Å². The van der Waals surface area contributed by atoms with Gasteiger partial charge in [0.1, 0.15) is 6.10 Å². The molecule has 86 valence electrons. The zero-order chi connectivity index (χ0) is 11.7. The van der Waals surface area contributed by atoms with E-state index in [4.69, 9.17) is 4.74 Å². The van der Waals surface area contributed by atoms with Crippen molar-refractivity contribution in [1.82, 2.24) is 9.78 Å². The fourth-order valence-corrected chi connectivity index (χ4v) is 2.49. The molecule has 0 aliphatic carbocycles. The topological polar surface area (TPSA) is 47.3 Å². The van der Waals surface area contributed by atoms with Crippen LogP contribution in [-0.4, -0.2) is 22.0 Å². The minimum atomic E-state index is -0.671. The molecule has 1 unspecified atom stereocenters. The number of aliphatic hydroxyl groups is 1. The highest BCUT2D eigenvalue weighted by molar-refractivity contribution is 7.07. The van der Waals surface area contributed by atoms with Crippen molar-refractivity contribution in [3.63, 3.8) is 0 Å². The Morgan fingerprint density at radius 3 is 2.88 bits per heavy atom. The Morgan fingerprint density at radius 2 is 2.31 bits per heavy atom. The molecule has 0 saturated heterocycles. The zero-order valence-electron chi connectivity index (χ0n) is 9.47. The molecule has 0 aliphatic rings. The quantitative estimate of drug-likeness (QED) is 0.888. The second-order valence-corrected chi connectivity index (χ2v) is 4.37. The highest BCUT2D eigenvalue weighted by Crippen LogP contribution is 2.32. The first-order valence-corrected chi connectivity index (χ1v) is 5.87. The Kier molecular flexibility index (Phi) is 2.98. The Bertz CT molecular complexity index is 476. The Hall–Kier alpha value is -1.33. The van der Waals surface area contributed by atoms with Crippen LogP contribution in [0.5, 0.6) is 5.88 Å². The Labute approximate surface area is 98.1 Å². The third-order valence-electron chi connectivity index (χ3n) is 2.54. The van der Waals surface area contributed by atoms with Gasteiger partial charge in [0.2, 0.25) is 5.88 Å². The third-order valence-corrected chi connectivity index (χ3v) is 3.24. The van der Waals surface area contributed by atoms with E-state index in [0.29, 0.717) is 5.88 Å². The van der Waals surface area contributed by atoms with E-state index in [-0.39, 0.29) is 0 Å². The van der Waals surface area contributed by atoms with Crippen LogP contribution in [0.3, 0.4) is 0 Å². The van der Waals surface area contributed by atoms with E-state index < -0.39 is 6.10 Å². The molecule has 0 amide bonds. The molecule has 2 rings (SSSR count). The predicted octanol–water partition coefficient (Wildman–Crippen LogP) is 1.88. The summed E-state index contributed by atoms with van der Waals surface area (Å²) in [6.07, 6.45) is -0.671. The number of ether oxygens (including phenoxy) is 1. The number of thiophene rings is 1. The van der Waals surface area contributed by atoms with Crippen molar-refractivity contribution in [3.8, 4) is 5.88 Å². The first-order valence-electron chi connectivity index (χ1n) is 4.92. The van der Waals surface area contributed by atoms with Crippen LogP contribution in [0, 0.1) is 6.92 Å². The van der Waals surface area contributed by atoms with Gasteiger partial charge >= 0.3 is 0 Å². The van der Waals surface area contributed by atoms with E-state index in [1.807, 2.05) is 23.8 Å². The van der Waals surface area contributed by atoms with Crippen LogP contribution in [0.25, 0.3) is 0 Å². The van der Waals surface area contributed by atoms with Gasteiger partial charge in [-0.15, -0.1) is 0 Å². The summed E-state index contributed by atoms with van der Waals surface area (Å²) in [5.41, 5.74) is 2.40. The maximum atomic E-state index is 10.3. The second-order valence-electron chi connectivity index (χ2n) is 3.59. The van der Waals surface area contributed by atoms with E-state index in [2.05, 4.69) is 5.10 Å². The van der Waals surface area contributed by atoms with E-state index in [1.54, 1.807) is 30.2 Å². The Balaban J connectivity index is 2.47. The average Bonchev–Trinajstić information content (AvgIpc) is 2.84. The second kappa shape index (κ2) is 4.27. The number of methoxy groups -OCH3 is 1. The van der Waals surface area contributed by atoms with Crippen LogP contribution in [-0.2, 0) is 7.05 Å². The molecule has 1 N–H and O–H groups in total. The van der Waals surface area contributed by atoms with Crippen molar-refractivity contribution in [2.24, 2.45) is 7.05 Å². The number of rotatable bonds is 3. The highest BCUT2D eigenvalue weighted by atomic mass is 32.1. The molecule has 0 saturated carbocycles. The first kappa shape index (κ1) is 11.2. The molecule has 0 bridgehead atoms. The molecule has 1 atom stereocenters. The van der Waals surface area contributed by atoms with Crippen molar-refractivity contribution in [2.45, 2.75) is 13.0 Å². The number of aryl methyl sites for hydroxylation is 2.